The Morgan fingerprint density at radius 2 is 1.56 bits per heavy atom. The molecule has 0 bridgehead atoms. The van der Waals surface area contributed by atoms with E-state index in [9.17, 15) is 4.79 Å². The van der Waals surface area contributed by atoms with E-state index in [0.717, 1.165) is 24.0 Å². The van der Waals surface area contributed by atoms with Gasteiger partial charge in [0.05, 0.1) is 26.9 Å². The first-order valence-electron chi connectivity index (χ1n) is 10.6. The van der Waals surface area contributed by atoms with E-state index >= 15 is 0 Å². The summed E-state index contributed by atoms with van der Waals surface area (Å²) in [5.41, 5.74) is 1.54. The molecule has 0 atom stereocenters. The van der Waals surface area contributed by atoms with Gasteiger partial charge in [-0.2, -0.15) is 5.26 Å². The standard InChI is InChI=1S/C26H29NO5/c1-4-5-6-7-17-31-22-13-10-21(19-24(22)29-2)12-15-26(28)32-23-14-11-20(9-8-16-27)18-25(23)30-3/h8-15,18-19H,4-7,17H2,1-3H3/b9-8-,15-12+. The summed E-state index contributed by atoms with van der Waals surface area (Å²) in [6.45, 7) is 2.82. The number of nitriles is 1. The predicted molar refractivity (Wildman–Crippen MR) is 125 cm³/mol. The molecule has 2 rings (SSSR count). The van der Waals surface area contributed by atoms with Crippen molar-refractivity contribution in [3.05, 3.63) is 59.7 Å². The number of carbonyl (C=O) groups is 1. The van der Waals surface area contributed by atoms with Crippen LogP contribution in [0.15, 0.2) is 48.6 Å². The lowest BCUT2D eigenvalue weighted by atomic mass is 10.2. The number of unbranched alkanes of at least 4 members (excludes halogenated alkanes) is 3. The molecule has 0 spiro atoms. The summed E-state index contributed by atoms with van der Waals surface area (Å²) < 4.78 is 21.9. The molecule has 2 aromatic rings. The lowest BCUT2D eigenvalue weighted by Gasteiger charge is -2.11. The van der Waals surface area contributed by atoms with Crippen molar-refractivity contribution in [1.29, 1.82) is 5.26 Å². The van der Waals surface area contributed by atoms with E-state index in [-0.39, 0.29) is 0 Å². The van der Waals surface area contributed by atoms with Crippen molar-refractivity contribution in [2.45, 2.75) is 32.6 Å². The van der Waals surface area contributed by atoms with Crippen LogP contribution in [0.25, 0.3) is 12.2 Å². The Morgan fingerprint density at radius 3 is 2.22 bits per heavy atom. The van der Waals surface area contributed by atoms with Crippen molar-refractivity contribution in [3.8, 4) is 29.1 Å². The van der Waals surface area contributed by atoms with Crippen molar-refractivity contribution < 1.29 is 23.7 Å². The number of methoxy groups -OCH3 is 2. The number of esters is 1. The molecule has 0 amide bonds. The molecular formula is C26H29NO5. The Hall–Kier alpha value is -3.72. The third-order valence-electron chi connectivity index (χ3n) is 4.60. The van der Waals surface area contributed by atoms with Gasteiger partial charge in [0.15, 0.2) is 23.0 Å². The van der Waals surface area contributed by atoms with Gasteiger partial charge in [-0.1, -0.05) is 38.3 Å². The fourth-order valence-electron chi connectivity index (χ4n) is 2.93. The van der Waals surface area contributed by atoms with Crippen LogP contribution in [-0.2, 0) is 4.79 Å². The van der Waals surface area contributed by atoms with Gasteiger partial charge in [0, 0.05) is 12.2 Å². The highest BCUT2D eigenvalue weighted by Crippen LogP contribution is 2.30. The average molecular weight is 436 g/mol. The summed E-state index contributed by atoms with van der Waals surface area (Å²) >= 11 is 0. The molecular weight excluding hydrogens is 406 g/mol. The number of benzene rings is 2. The molecule has 32 heavy (non-hydrogen) atoms. The smallest absolute Gasteiger partial charge is 0.336 e. The minimum absolute atomic E-state index is 0.292. The van der Waals surface area contributed by atoms with Gasteiger partial charge in [0.25, 0.3) is 0 Å². The van der Waals surface area contributed by atoms with Crippen LogP contribution in [0.2, 0.25) is 0 Å². The summed E-state index contributed by atoms with van der Waals surface area (Å²) in [5, 5.41) is 8.64. The van der Waals surface area contributed by atoms with E-state index in [2.05, 4.69) is 6.92 Å². The topological polar surface area (TPSA) is 77.8 Å². The molecule has 0 heterocycles. The molecule has 0 aliphatic heterocycles. The minimum Gasteiger partial charge on any atom is -0.493 e. The maximum atomic E-state index is 12.3. The summed E-state index contributed by atoms with van der Waals surface area (Å²) in [6.07, 6.45) is 10.5. The van der Waals surface area contributed by atoms with Gasteiger partial charge in [0.2, 0.25) is 0 Å². The summed E-state index contributed by atoms with van der Waals surface area (Å²) in [5.74, 6) is 1.44. The maximum absolute atomic E-state index is 12.3. The Balaban J connectivity index is 2.01. The molecule has 6 heteroatoms. The van der Waals surface area contributed by atoms with Gasteiger partial charge in [-0.3, -0.25) is 0 Å². The lowest BCUT2D eigenvalue weighted by molar-refractivity contribution is -0.129. The quantitative estimate of drug-likeness (QED) is 0.137. The van der Waals surface area contributed by atoms with Crippen molar-refractivity contribution in [3.63, 3.8) is 0 Å². The van der Waals surface area contributed by atoms with Crippen LogP contribution in [0.3, 0.4) is 0 Å². The zero-order valence-electron chi connectivity index (χ0n) is 18.8. The molecule has 0 aromatic heterocycles. The Bertz CT molecular complexity index is 988. The number of hydrogen-bond donors (Lipinski definition) is 0. The highest BCUT2D eigenvalue weighted by molar-refractivity contribution is 5.89. The van der Waals surface area contributed by atoms with E-state index in [0.29, 0.717) is 29.6 Å². The zero-order valence-corrected chi connectivity index (χ0v) is 18.8. The maximum Gasteiger partial charge on any atom is 0.336 e. The molecule has 6 nitrogen and oxygen atoms in total. The molecule has 0 aliphatic carbocycles. The van der Waals surface area contributed by atoms with Crippen LogP contribution in [0.5, 0.6) is 23.0 Å². The van der Waals surface area contributed by atoms with Crippen LogP contribution >= 0.6 is 0 Å². The molecule has 0 fully saturated rings. The first kappa shape index (κ1) is 24.5. The van der Waals surface area contributed by atoms with Gasteiger partial charge in [-0.25, -0.2) is 4.79 Å². The van der Waals surface area contributed by atoms with Crippen LogP contribution in [-0.4, -0.2) is 26.8 Å². The van der Waals surface area contributed by atoms with Gasteiger partial charge < -0.3 is 18.9 Å². The second-order valence-corrected chi connectivity index (χ2v) is 6.95. The first-order valence-corrected chi connectivity index (χ1v) is 10.6. The molecule has 0 unspecified atom stereocenters. The van der Waals surface area contributed by atoms with Crippen LogP contribution in [0.4, 0.5) is 0 Å². The largest absolute Gasteiger partial charge is 0.493 e. The SMILES string of the molecule is CCCCCCOc1ccc(/C=C/C(=O)Oc2ccc(/C=C\C#N)cc2OC)cc1OC. The predicted octanol–water partition coefficient (Wildman–Crippen LogP) is 5.82. The molecule has 0 N–H and O–H groups in total. The molecule has 0 saturated heterocycles. The van der Waals surface area contributed by atoms with E-state index in [1.807, 2.05) is 24.3 Å². The fraction of sp³-hybridized carbons (Fsp3) is 0.308. The monoisotopic (exact) mass is 435 g/mol. The van der Waals surface area contributed by atoms with Crippen molar-refractivity contribution in [1.82, 2.24) is 0 Å². The highest BCUT2D eigenvalue weighted by atomic mass is 16.6. The fourth-order valence-corrected chi connectivity index (χ4v) is 2.93. The summed E-state index contributed by atoms with van der Waals surface area (Å²) in [7, 11) is 3.07. The molecule has 0 aliphatic rings. The zero-order chi connectivity index (χ0) is 23.2. The molecule has 0 radical (unpaired) electrons. The normalized spacial score (nSPS) is 10.8. The molecule has 0 saturated carbocycles. The lowest BCUT2D eigenvalue weighted by Crippen LogP contribution is -2.05. The second-order valence-electron chi connectivity index (χ2n) is 6.95. The summed E-state index contributed by atoms with van der Waals surface area (Å²) in [6, 6.07) is 12.5. The number of nitrogens with zero attached hydrogens (tertiary/aromatic N) is 1. The van der Waals surface area contributed by atoms with Gasteiger partial charge in [0.1, 0.15) is 0 Å². The Kier molecular flexibility index (Phi) is 10.4. The summed E-state index contributed by atoms with van der Waals surface area (Å²) in [4.78, 5) is 12.3. The Morgan fingerprint density at radius 1 is 0.906 bits per heavy atom. The molecule has 168 valence electrons. The highest BCUT2D eigenvalue weighted by Gasteiger charge is 2.09. The number of ether oxygens (including phenoxy) is 4. The van der Waals surface area contributed by atoms with E-state index in [1.54, 1.807) is 37.5 Å². The van der Waals surface area contributed by atoms with Gasteiger partial charge in [-0.15, -0.1) is 0 Å². The van der Waals surface area contributed by atoms with E-state index in [4.69, 9.17) is 24.2 Å². The van der Waals surface area contributed by atoms with E-state index < -0.39 is 5.97 Å². The molecule has 2 aromatic carbocycles. The Labute approximate surface area is 189 Å². The van der Waals surface area contributed by atoms with Crippen molar-refractivity contribution in [2.24, 2.45) is 0 Å². The third kappa shape index (κ3) is 7.84. The number of allylic oxidation sites excluding steroid dienone is 1. The average Bonchev–Trinajstić information content (AvgIpc) is 2.82. The van der Waals surface area contributed by atoms with Crippen molar-refractivity contribution in [2.75, 3.05) is 20.8 Å². The number of hydrogen-bond acceptors (Lipinski definition) is 6. The van der Waals surface area contributed by atoms with Gasteiger partial charge in [-0.05, 0) is 54.0 Å². The first-order chi connectivity index (χ1) is 15.6. The van der Waals surface area contributed by atoms with Crippen molar-refractivity contribution >= 4 is 18.1 Å². The van der Waals surface area contributed by atoms with Crippen LogP contribution in [0.1, 0.15) is 43.7 Å². The second kappa shape index (κ2) is 13.6. The third-order valence-corrected chi connectivity index (χ3v) is 4.60. The minimum atomic E-state index is -0.543. The van der Waals surface area contributed by atoms with Gasteiger partial charge >= 0.3 is 5.97 Å². The van der Waals surface area contributed by atoms with E-state index in [1.165, 1.54) is 32.1 Å². The number of carbonyl (C=O) groups excluding carboxylic acids is 1. The van der Waals surface area contributed by atoms with Crippen LogP contribution in [0, 0.1) is 11.3 Å². The van der Waals surface area contributed by atoms with Crippen LogP contribution < -0.4 is 18.9 Å². The number of rotatable bonds is 12.